The van der Waals surface area contributed by atoms with Crippen LogP contribution in [0.5, 0.6) is 5.75 Å². The summed E-state index contributed by atoms with van der Waals surface area (Å²) in [6, 6.07) is 11.8. The molecule has 2 aromatic carbocycles. The minimum atomic E-state index is -0.316. The number of halogens is 1. The number of ether oxygens (including phenoxy) is 1. The number of rotatable bonds is 6. The Morgan fingerprint density at radius 2 is 1.64 bits per heavy atom. The molecule has 0 unspecified atom stereocenters. The highest BCUT2D eigenvalue weighted by molar-refractivity contribution is 6.31. The van der Waals surface area contributed by atoms with E-state index in [9.17, 15) is 9.59 Å². The third kappa shape index (κ3) is 5.50. The summed E-state index contributed by atoms with van der Waals surface area (Å²) in [5, 5.41) is 6.01. The lowest BCUT2D eigenvalue weighted by Crippen LogP contribution is -2.16. The molecule has 0 aliphatic carbocycles. The number of hydrogen-bond acceptors (Lipinski definition) is 3. The second-order valence-electron chi connectivity index (χ2n) is 5.74. The van der Waals surface area contributed by atoms with Crippen LogP contribution < -0.4 is 15.4 Å². The summed E-state index contributed by atoms with van der Waals surface area (Å²) < 4.78 is 5.67. The Kier molecular flexibility index (Phi) is 6.42. The molecule has 2 amide bonds. The summed E-state index contributed by atoms with van der Waals surface area (Å²) in [6.45, 7) is 5.56. The maximum atomic E-state index is 12.6. The number of hydrogen-bond donors (Lipinski definition) is 2. The summed E-state index contributed by atoms with van der Waals surface area (Å²) >= 11 is 6.01. The van der Waals surface area contributed by atoms with Gasteiger partial charge in [-0.15, -0.1) is 0 Å². The number of nitrogens with one attached hydrogen (secondary N) is 2. The third-order valence-corrected chi connectivity index (χ3v) is 3.53. The molecule has 0 heterocycles. The molecule has 0 spiro atoms. The predicted octanol–water partition coefficient (Wildman–Crippen LogP) is 4.73. The molecule has 0 saturated heterocycles. The Hall–Kier alpha value is -2.53. The monoisotopic (exact) mass is 360 g/mol. The van der Waals surface area contributed by atoms with Crippen molar-refractivity contribution in [3.8, 4) is 5.75 Å². The lowest BCUT2D eigenvalue weighted by Gasteiger charge is -2.14. The fourth-order valence-electron chi connectivity index (χ4n) is 2.12. The molecule has 0 bridgehead atoms. The average molecular weight is 361 g/mol. The first kappa shape index (κ1) is 18.8. The van der Waals surface area contributed by atoms with Crippen LogP contribution in [0.4, 0.5) is 11.4 Å². The van der Waals surface area contributed by atoms with E-state index in [1.807, 2.05) is 13.8 Å². The maximum absolute atomic E-state index is 12.6. The van der Waals surface area contributed by atoms with E-state index in [4.69, 9.17) is 16.3 Å². The van der Waals surface area contributed by atoms with Crippen molar-refractivity contribution in [3.63, 3.8) is 0 Å². The molecule has 25 heavy (non-hydrogen) atoms. The van der Waals surface area contributed by atoms with Gasteiger partial charge in [0.25, 0.3) is 5.91 Å². The molecule has 0 aliphatic heterocycles. The SMILES string of the molecule is CCC(=O)Nc1ccc(NC(=O)c2cc(Cl)ccc2OC(C)C)cc1. The molecule has 2 rings (SSSR count). The van der Waals surface area contributed by atoms with Crippen molar-refractivity contribution in [1.29, 1.82) is 0 Å². The molecule has 6 heteroatoms. The molecular formula is C19H21ClN2O3. The van der Waals surface area contributed by atoms with Crippen LogP contribution in [0.15, 0.2) is 42.5 Å². The Labute approximate surface area is 152 Å². The van der Waals surface area contributed by atoms with Gasteiger partial charge < -0.3 is 15.4 Å². The lowest BCUT2D eigenvalue weighted by molar-refractivity contribution is -0.115. The van der Waals surface area contributed by atoms with Gasteiger partial charge in [-0.3, -0.25) is 9.59 Å². The van der Waals surface area contributed by atoms with E-state index in [0.717, 1.165) is 0 Å². The number of carbonyl (C=O) groups is 2. The maximum Gasteiger partial charge on any atom is 0.259 e. The van der Waals surface area contributed by atoms with Crippen molar-refractivity contribution < 1.29 is 14.3 Å². The van der Waals surface area contributed by atoms with Gasteiger partial charge in [0, 0.05) is 22.8 Å². The van der Waals surface area contributed by atoms with E-state index < -0.39 is 0 Å². The molecule has 2 N–H and O–H groups in total. The van der Waals surface area contributed by atoms with Gasteiger partial charge in [0.05, 0.1) is 11.7 Å². The third-order valence-electron chi connectivity index (χ3n) is 3.30. The standard InChI is InChI=1S/C19H21ClN2O3/c1-4-18(23)21-14-6-8-15(9-7-14)22-19(24)16-11-13(20)5-10-17(16)25-12(2)3/h5-12H,4H2,1-3H3,(H,21,23)(H,22,24). The van der Waals surface area contributed by atoms with Crippen molar-refractivity contribution in [2.75, 3.05) is 10.6 Å². The van der Waals surface area contributed by atoms with Crippen LogP contribution in [-0.4, -0.2) is 17.9 Å². The van der Waals surface area contributed by atoms with E-state index in [0.29, 0.717) is 34.1 Å². The summed E-state index contributed by atoms with van der Waals surface area (Å²) in [4.78, 5) is 23.9. The van der Waals surface area contributed by atoms with Crippen LogP contribution in [0.25, 0.3) is 0 Å². The van der Waals surface area contributed by atoms with E-state index in [-0.39, 0.29) is 17.9 Å². The highest BCUT2D eigenvalue weighted by Gasteiger charge is 2.15. The van der Waals surface area contributed by atoms with Gasteiger partial charge in [0.2, 0.25) is 5.91 Å². The van der Waals surface area contributed by atoms with Crippen LogP contribution in [-0.2, 0) is 4.79 Å². The van der Waals surface area contributed by atoms with E-state index in [2.05, 4.69) is 10.6 Å². The predicted molar refractivity (Wildman–Crippen MR) is 101 cm³/mol. The van der Waals surface area contributed by atoms with Crippen LogP contribution in [0.3, 0.4) is 0 Å². The van der Waals surface area contributed by atoms with E-state index in [1.54, 1.807) is 49.4 Å². The van der Waals surface area contributed by atoms with Gasteiger partial charge in [-0.2, -0.15) is 0 Å². The Balaban J connectivity index is 2.14. The minimum Gasteiger partial charge on any atom is -0.490 e. The van der Waals surface area contributed by atoms with Gasteiger partial charge in [0.15, 0.2) is 0 Å². The zero-order valence-corrected chi connectivity index (χ0v) is 15.2. The van der Waals surface area contributed by atoms with Crippen LogP contribution in [0.1, 0.15) is 37.6 Å². The van der Waals surface area contributed by atoms with Crippen LogP contribution in [0, 0.1) is 0 Å². The molecule has 0 radical (unpaired) electrons. The highest BCUT2D eigenvalue weighted by atomic mass is 35.5. The average Bonchev–Trinajstić information content (AvgIpc) is 2.57. The fourth-order valence-corrected chi connectivity index (χ4v) is 2.29. The molecule has 0 saturated carbocycles. The molecule has 2 aromatic rings. The zero-order valence-electron chi connectivity index (χ0n) is 14.4. The fraction of sp³-hybridized carbons (Fsp3) is 0.263. The van der Waals surface area contributed by atoms with Crippen molar-refractivity contribution in [1.82, 2.24) is 0 Å². The second kappa shape index (κ2) is 8.53. The molecule has 132 valence electrons. The summed E-state index contributed by atoms with van der Waals surface area (Å²) in [5.41, 5.74) is 1.65. The molecule has 0 aromatic heterocycles. The Morgan fingerprint density at radius 1 is 1.04 bits per heavy atom. The largest absolute Gasteiger partial charge is 0.490 e. The Bertz CT molecular complexity index is 758. The lowest BCUT2D eigenvalue weighted by atomic mass is 10.1. The first-order valence-electron chi connectivity index (χ1n) is 8.06. The quantitative estimate of drug-likeness (QED) is 0.782. The first-order valence-corrected chi connectivity index (χ1v) is 8.44. The van der Waals surface area contributed by atoms with Crippen molar-refractivity contribution in [3.05, 3.63) is 53.1 Å². The van der Waals surface area contributed by atoms with E-state index >= 15 is 0 Å². The van der Waals surface area contributed by atoms with Crippen LogP contribution in [0.2, 0.25) is 5.02 Å². The molecule has 0 atom stereocenters. The topological polar surface area (TPSA) is 67.4 Å². The second-order valence-corrected chi connectivity index (χ2v) is 6.18. The molecule has 5 nitrogen and oxygen atoms in total. The van der Waals surface area contributed by atoms with Crippen molar-refractivity contribution in [2.24, 2.45) is 0 Å². The van der Waals surface area contributed by atoms with Gasteiger partial charge >= 0.3 is 0 Å². The van der Waals surface area contributed by atoms with Gasteiger partial charge in [-0.05, 0) is 56.3 Å². The van der Waals surface area contributed by atoms with Crippen molar-refractivity contribution in [2.45, 2.75) is 33.3 Å². The molecular weight excluding hydrogens is 340 g/mol. The van der Waals surface area contributed by atoms with Crippen molar-refractivity contribution >= 4 is 34.8 Å². The van der Waals surface area contributed by atoms with E-state index in [1.165, 1.54) is 0 Å². The Morgan fingerprint density at radius 3 is 2.20 bits per heavy atom. The van der Waals surface area contributed by atoms with Crippen LogP contribution >= 0.6 is 11.6 Å². The highest BCUT2D eigenvalue weighted by Crippen LogP contribution is 2.25. The van der Waals surface area contributed by atoms with Gasteiger partial charge in [0.1, 0.15) is 5.75 Å². The zero-order chi connectivity index (χ0) is 18.4. The van der Waals surface area contributed by atoms with Gasteiger partial charge in [-0.1, -0.05) is 18.5 Å². The number of benzene rings is 2. The number of carbonyl (C=O) groups excluding carboxylic acids is 2. The molecule has 0 aliphatic rings. The normalized spacial score (nSPS) is 10.4. The molecule has 0 fully saturated rings. The minimum absolute atomic E-state index is 0.0609. The summed E-state index contributed by atoms with van der Waals surface area (Å²) in [6.07, 6.45) is 0.348. The summed E-state index contributed by atoms with van der Waals surface area (Å²) in [7, 11) is 0. The number of amides is 2. The smallest absolute Gasteiger partial charge is 0.259 e. The summed E-state index contributed by atoms with van der Waals surface area (Å²) in [5.74, 6) is 0.0958. The van der Waals surface area contributed by atoms with Gasteiger partial charge in [-0.25, -0.2) is 0 Å². The number of anilines is 2. The first-order chi connectivity index (χ1) is 11.9.